The first-order valence-electron chi connectivity index (χ1n) is 7.18. The molecule has 0 heterocycles. The van der Waals surface area contributed by atoms with Gasteiger partial charge < -0.3 is 14.6 Å². The summed E-state index contributed by atoms with van der Waals surface area (Å²) in [5, 5.41) is 11.4. The number of amides is 1. The number of halogens is 1. The Morgan fingerprint density at radius 3 is 2.54 bits per heavy atom. The zero-order valence-electron chi connectivity index (χ0n) is 12.9. The van der Waals surface area contributed by atoms with Crippen LogP contribution >= 0.6 is 0 Å². The molecule has 2 aromatic rings. The summed E-state index contributed by atoms with van der Waals surface area (Å²) in [4.78, 5) is 23.1. The van der Waals surface area contributed by atoms with Gasteiger partial charge in [0.1, 0.15) is 6.61 Å². The molecule has 0 bridgehead atoms. The van der Waals surface area contributed by atoms with Crippen LogP contribution in [0, 0.1) is 5.82 Å². The van der Waals surface area contributed by atoms with Crippen molar-refractivity contribution in [3.05, 3.63) is 59.4 Å². The van der Waals surface area contributed by atoms with Gasteiger partial charge in [-0.25, -0.2) is 14.0 Å². The number of anilines is 1. The third-order valence-corrected chi connectivity index (χ3v) is 3.05. The van der Waals surface area contributed by atoms with Gasteiger partial charge in [-0.2, -0.15) is 0 Å². The quantitative estimate of drug-likeness (QED) is 0.842. The summed E-state index contributed by atoms with van der Waals surface area (Å²) in [7, 11) is 0. The van der Waals surface area contributed by atoms with E-state index in [-0.39, 0.29) is 30.2 Å². The average Bonchev–Trinajstić information content (AvgIpc) is 2.56. The van der Waals surface area contributed by atoms with Crippen LogP contribution in [0.2, 0.25) is 0 Å². The van der Waals surface area contributed by atoms with Crippen molar-refractivity contribution in [2.75, 3.05) is 11.9 Å². The highest BCUT2D eigenvalue weighted by Gasteiger charge is 2.18. The van der Waals surface area contributed by atoms with E-state index < -0.39 is 17.9 Å². The number of carboxylic acid groups (broad SMARTS) is 1. The number of rotatable bonds is 6. The number of aromatic carboxylic acids is 1. The molecule has 0 aliphatic heterocycles. The van der Waals surface area contributed by atoms with Crippen molar-refractivity contribution in [3.8, 4) is 5.75 Å². The van der Waals surface area contributed by atoms with Crippen LogP contribution in [-0.2, 0) is 11.3 Å². The zero-order valence-corrected chi connectivity index (χ0v) is 12.9. The van der Waals surface area contributed by atoms with E-state index in [9.17, 15) is 19.1 Å². The number of carboxylic acids is 1. The van der Waals surface area contributed by atoms with E-state index in [0.717, 1.165) is 17.7 Å². The summed E-state index contributed by atoms with van der Waals surface area (Å²) in [5.74, 6) is -2.30. The van der Waals surface area contributed by atoms with Crippen molar-refractivity contribution in [2.45, 2.75) is 13.5 Å². The summed E-state index contributed by atoms with van der Waals surface area (Å²) in [6.45, 7) is 1.84. The van der Waals surface area contributed by atoms with Gasteiger partial charge in [-0.05, 0) is 18.6 Å². The average molecular weight is 333 g/mol. The van der Waals surface area contributed by atoms with Crippen LogP contribution < -0.4 is 10.1 Å². The molecule has 126 valence electrons. The number of benzene rings is 2. The first-order valence-corrected chi connectivity index (χ1v) is 7.18. The van der Waals surface area contributed by atoms with E-state index in [1.54, 1.807) is 31.2 Å². The van der Waals surface area contributed by atoms with Crippen LogP contribution in [0.3, 0.4) is 0 Å². The van der Waals surface area contributed by atoms with Gasteiger partial charge in [-0.15, -0.1) is 0 Å². The van der Waals surface area contributed by atoms with E-state index in [1.165, 1.54) is 0 Å². The summed E-state index contributed by atoms with van der Waals surface area (Å²) in [6.07, 6.45) is -0.884. The lowest BCUT2D eigenvalue weighted by Crippen LogP contribution is -2.16. The molecule has 6 nitrogen and oxygen atoms in total. The van der Waals surface area contributed by atoms with Crippen molar-refractivity contribution < 1.29 is 28.6 Å². The molecule has 0 saturated heterocycles. The first-order chi connectivity index (χ1) is 11.5. The third-order valence-electron chi connectivity index (χ3n) is 3.05. The monoisotopic (exact) mass is 333 g/mol. The second kappa shape index (κ2) is 7.96. The normalized spacial score (nSPS) is 10.1. The van der Waals surface area contributed by atoms with Gasteiger partial charge in [0.15, 0.2) is 11.6 Å². The van der Waals surface area contributed by atoms with E-state index in [4.69, 9.17) is 9.47 Å². The number of carbonyl (C=O) groups excluding carboxylic acids is 1. The number of hydrogen-bond acceptors (Lipinski definition) is 4. The van der Waals surface area contributed by atoms with Gasteiger partial charge in [0, 0.05) is 6.07 Å². The Hall–Kier alpha value is -3.09. The van der Waals surface area contributed by atoms with Crippen LogP contribution in [0.5, 0.6) is 5.75 Å². The molecule has 0 spiro atoms. The zero-order chi connectivity index (χ0) is 17.5. The van der Waals surface area contributed by atoms with Gasteiger partial charge in [0.2, 0.25) is 0 Å². The van der Waals surface area contributed by atoms with Crippen LogP contribution in [0.4, 0.5) is 14.9 Å². The predicted molar refractivity (Wildman–Crippen MR) is 84.8 cm³/mol. The largest absolute Gasteiger partial charge is 0.491 e. The molecule has 2 rings (SSSR count). The van der Waals surface area contributed by atoms with Crippen molar-refractivity contribution in [1.29, 1.82) is 0 Å². The highest BCUT2D eigenvalue weighted by Crippen LogP contribution is 2.26. The maximum absolute atomic E-state index is 13.9. The Kier molecular flexibility index (Phi) is 5.73. The fourth-order valence-corrected chi connectivity index (χ4v) is 1.97. The van der Waals surface area contributed by atoms with Crippen LogP contribution in [0.15, 0.2) is 42.5 Å². The molecule has 0 aliphatic rings. The topological polar surface area (TPSA) is 84.9 Å². The minimum atomic E-state index is -1.32. The molecule has 2 N–H and O–H groups in total. The molecule has 24 heavy (non-hydrogen) atoms. The number of nitrogens with one attached hydrogen (secondary N) is 1. The third kappa shape index (κ3) is 4.45. The Balaban J connectivity index is 2.11. The Morgan fingerprint density at radius 2 is 1.92 bits per heavy atom. The molecule has 0 atom stereocenters. The first kappa shape index (κ1) is 17.3. The summed E-state index contributed by atoms with van der Waals surface area (Å²) < 4.78 is 23.9. The SMILES string of the molecule is CCOc1cc(C(=O)O)c(NC(=O)OCc2ccccc2)cc1F. The van der Waals surface area contributed by atoms with Crippen molar-refractivity contribution in [3.63, 3.8) is 0 Å². The second-order valence-electron chi connectivity index (χ2n) is 4.75. The number of hydrogen-bond donors (Lipinski definition) is 2. The van der Waals surface area contributed by atoms with E-state index in [1.807, 2.05) is 6.07 Å². The van der Waals surface area contributed by atoms with Gasteiger partial charge >= 0.3 is 12.1 Å². The molecular formula is C17H16FNO5. The lowest BCUT2D eigenvalue weighted by molar-refractivity contribution is 0.0697. The van der Waals surface area contributed by atoms with E-state index >= 15 is 0 Å². The highest BCUT2D eigenvalue weighted by atomic mass is 19.1. The Bertz CT molecular complexity index is 733. The number of ether oxygens (including phenoxy) is 2. The minimum absolute atomic E-state index is 0.00852. The van der Waals surface area contributed by atoms with Gasteiger partial charge in [0.25, 0.3) is 0 Å². The molecule has 0 unspecified atom stereocenters. The molecule has 0 radical (unpaired) electrons. The van der Waals surface area contributed by atoms with Crippen LogP contribution in [0.1, 0.15) is 22.8 Å². The van der Waals surface area contributed by atoms with Crippen molar-refractivity contribution >= 4 is 17.7 Å². The molecule has 2 aromatic carbocycles. The van der Waals surface area contributed by atoms with Crippen LogP contribution in [-0.4, -0.2) is 23.8 Å². The number of carbonyl (C=O) groups is 2. The fraction of sp³-hybridized carbons (Fsp3) is 0.176. The van der Waals surface area contributed by atoms with E-state index in [2.05, 4.69) is 5.32 Å². The predicted octanol–water partition coefficient (Wildman–Crippen LogP) is 3.67. The molecule has 0 aromatic heterocycles. The minimum Gasteiger partial charge on any atom is -0.491 e. The highest BCUT2D eigenvalue weighted by molar-refractivity contribution is 5.99. The van der Waals surface area contributed by atoms with E-state index in [0.29, 0.717) is 0 Å². The standard InChI is InChI=1S/C17H16FNO5/c1-2-23-15-8-12(16(20)21)14(9-13(15)18)19-17(22)24-10-11-6-4-3-5-7-11/h3-9H,2,10H2,1H3,(H,19,22)(H,20,21). The summed E-state index contributed by atoms with van der Waals surface area (Å²) in [6, 6.07) is 10.9. The van der Waals surface area contributed by atoms with Gasteiger partial charge in [0.05, 0.1) is 17.9 Å². The maximum atomic E-state index is 13.9. The molecule has 0 aliphatic carbocycles. The Morgan fingerprint density at radius 1 is 1.21 bits per heavy atom. The van der Waals surface area contributed by atoms with Crippen molar-refractivity contribution in [1.82, 2.24) is 0 Å². The molecular weight excluding hydrogens is 317 g/mol. The van der Waals surface area contributed by atoms with Gasteiger partial charge in [-0.1, -0.05) is 30.3 Å². The second-order valence-corrected chi connectivity index (χ2v) is 4.75. The Labute approximate surface area is 137 Å². The molecule has 0 saturated carbocycles. The van der Waals surface area contributed by atoms with Gasteiger partial charge in [-0.3, -0.25) is 5.32 Å². The molecule has 1 amide bonds. The summed E-state index contributed by atoms with van der Waals surface area (Å²) >= 11 is 0. The fourth-order valence-electron chi connectivity index (χ4n) is 1.97. The van der Waals surface area contributed by atoms with Crippen LogP contribution in [0.25, 0.3) is 0 Å². The lowest BCUT2D eigenvalue weighted by atomic mass is 10.1. The maximum Gasteiger partial charge on any atom is 0.411 e. The lowest BCUT2D eigenvalue weighted by Gasteiger charge is -2.12. The molecule has 7 heteroatoms. The summed E-state index contributed by atoms with van der Waals surface area (Å²) in [5.41, 5.74) is 0.266. The smallest absolute Gasteiger partial charge is 0.411 e. The van der Waals surface area contributed by atoms with Crippen molar-refractivity contribution in [2.24, 2.45) is 0 Å². The molecule has 0 fully saturated rings.